The van der Waals surface area contributed by atoms with Gasteiger partial charge in [-0.2, -0.15) is 0 Å². The summed E-state index contributed by atoms with van der Waals surface area (Å²) in [5, 5.41) is 10.7. The van der Waals surface area contributed by atoms with Crippen molar-refractivity contribution < 1.29 is 22.9 Å². The van der Waals surface area contributed by atoms with Gasteiger partial charge < -0.3 is 4.74 Å². The minimum Gasteiger partial charge on any atom is -0.423 e. The molecule has 2 aromatic rings. The standard InChI is InChI=1S/C15H14N2O6S/c1-16(2)24(21,22)14-8-3-5-11(9-14)15(18)23-13-7-4-6-12(10-13)17(19)20/h3-10H,1-2H3. The largest absolute Gasteiger partial charge is 0.423 e. The fourth-order valence-corrected chi connectivity index (χ4v) is 2.77. The van der Waals surface area contributed by atoms with E-state index in [4.69, 9.17) is 4.74 Å². The van der Waals surface area contributed by atoms with Crippen LogP contribution >= 0.6 is 0 Å². The molecule has 0 spiro atoms. The summed E-state index contributed by atoms with van der Waals surface area (Å²) >= 11 is 0. The van der Waals surface area contributed by atoms with E-state index in [0.29, 0.717) is 0 Å². The number of carbonyl (C=O) groups is 1. The van der Waals surface area contributed by atoms with Gasteiger partial charge in [-0.3, -0.25) is 10.1 Å². The summed E-state index contributed by atoms with van der Waals surface area (Å²) in [6.45, 7) is 0. The summed E-state index contributed by atoms with van der Waals surface area (Å²) in [7, 11) is -0.931. The highest BCUT2D eigenvalue weighted by atomic mass is 32.2. The third kappa shape index (κ3) is 3.76. The Hall–Kier alpha value is -2.78. The van der Waals surface area contributed by atoms with Crippen molar-refractivity contribution in [1.29, 1.82) is 0 Å². The van der Waals surface area contributed by atoms with Crippen LogP contribution in [0.2, 0.25) is 0 Å². The van der Waals surface area contributed by atoms with Crippen molar-refractivity contribution in [1.82, 2.24) is 4.31 Å². The number of rotatable bonds is 5. The molecule has 0 radical (unpaired) electrons. The Morgan fingerprint density at radius 3 is 2.42 bits per heavy atom. The lowest BCUT2D eigenvalue weighted by molar-refractivity contribution is -0.384. The number of nitro groups is 1. The van der Waals surface area contributed by atoms with Crippen molar-refractivity contribution in [3.8, 4) is 5.75 Å². The molecule has 0 N–H and O–H groups in total. The van der Waals surface area contributed by atoms with E-state index in [1.807, 2.05) is 0 Å². The van der Waals surface area contributed by atoms with E-state index in [1.54, 1.807) is 0 Å². The van der Waals surface area contributed by atoms with Crippen molar-refractivity contribution in [2.75, 3.05) is 14.1 Å². The van der Waals surface area contributed by atoms with Crippen LogP contribution in [0.4, 0.5) is 5.69 Å². The molecule has 0 aliphatic heterocycles. The molecular weight excluding hydrogens is 336 g/mol. The first-order valence-electron chi connectivity index (χ1n) is 6.71. The van der Waals surface area contributed by atoms with Crippen LogP contribution in [0.5, 0.6) is 5.75 Å². The van der Waals surface area contributed by atoms with Gasteiger partial charge >= 0.3 is 5.97 Å². The predicted molar refractivity (Wildman–Crippen MR) is 85.4 cm³/mol. The molecule has 2 rings (SSSR count). The highest BCUT2D eigenvalue weighted by Gasteiger charge is 2.19. The Morgan fingerprint density at radius 1 is 1.12 bits per heavy atom. The van der Waals surface area contributed by atoms with Gasteiger partial charge in [0, 0.05) is 20.2 Å². The number of nitro benzene ring substituents is 1. The SMILES string of the molecule is CN(C)S(=O)(=O)c1cccc(C(=O)Oc2cccc([N+](=O)[O-])c2)c1. The van der Waals surface area contributed by atoms with Gasteiger partial charge in [0.05, 0.1) is 21.4 Å². The summed E-state index contributed by atoms with van der Waals surface area (Å²) in [6.07, 6.45) is 0. The molecule has 8 nitrogen and oxygen atoms in total. The maximum Gasteiger partial charge on any atom is 0.343 e. The van der Waals surface area contributed by atoms with Crippen LogP contribution in [0.15, 0.2) is 53.4 Å². The van der Waals surface area contributed by atoms with Crippen molar-refractivity contribution >= 4 is 21.7 Å². The summed E-state index contributed by atoms with van der Waals surface area (Å²) < 4.78 is 30.3. The first-order valence-corrected chi connectivity index (χ1v) is 8.15. The van der Waals surface area contributed by atoms with Crippen LogP contribution in [0.25, 0.3) is 0 Å². The molecule has 126 valence electrons. The Morgan fingerprint density at radius 2 is 1.79 bits per heavy atom. The minimum absolute atomic E-state index is 0.00457. The zero-order valence-corrected chi connectivity index (χ0v) is 13.7. The van der Waals surface area contributed by atoms with Gasteiger partial charge in [0.2, 0.25) is 10.0 Å². The summed E-state index contributed by atoms with van der Waals surface area (Å²) in [5.41, 5.74) is -0.200. The molecule has 0 amide bonds. The second-order valence-electron chi connectivity index (χ2n) is 4.96. The number of hydrogen-bond donors (Lipinski definition) is 0. The maximum absolute atomic E-state index is 12.1. The number of carbonyl (C=O) groups excluding carboxylic acids is 1. The van der Waals surface area contributed by atoms with Crippen molar-refractivity contribution in [2.45, 2.75) is 4.90 Å². The average Bonchev–Trinajstić information content (AvgIpc) is 2.55. The third-order valence-corrected chi connectivity index (χ3v) is 4.90. The highest BCUT2D eigenvalue weighted by Crippen LogP contribution is 2.21. The van der Waals surface area contributed by atoms with Crippen LogP contribution in [-0.2, 0) is 10.0 Å². The number of ether oxygens (including phenoxy) is 1. The van der Waals surface area contributed by atoms with Crippen LogP contribution in [-0.4, -0.2) is 37.7 Å². The molecule has 0 saturated carbocycles. The van der Waals surface area contributed by atoms with Crippen LogP contribution in [0, 0.1) is 10.1 Å². The van der Waals surface area contributed by atoms with E-state index in [1.165, 1.54) is 56.6 Å². The summed E-state index contributed by atoms with van der Waals surface area (Å²) in [6, 6.07) is 10.5. The fourth-order valence-electron chi connectivity index (χ4n) is 1.82. The van der Waals surface area contributed by atoms with Gasteiger partial charge in [0.25, 0.3) is 5.69 Å². The minimum atomic E-state index is -3.69. The lowest BCUT2D eigenvalue weighted by Crippen LogP contribution is -2.22. The molecule has 0 fully saturated rings. The average molecular weight is 350 g/mol. The van der Waals surface area contributed by atoms with Crippen LogP contribution in [0.1, 0.15) is 10.4 Å². The van der Waals surface area contributed by atoms with Crippen LogP contribution < -0.4 is 4.74 Å². The quantitative estimate of drug-likeness (QED) is 0.354. The number of benzene rings is 2. The second kappa shape index (κ2) is 6.77. The Kier molecular flexibility index (Phi) is 4.96. The van der Waals surface area contributed by atoms with E-state index in [0.717, 1.165) is 10.4 Å². The zero-order valence-electron chi connectivity index (χ0n) is 12.9. The van der Waals surface area contributed by atoms with Crippen molar-refractivity contribution in [2.24, 2.45) is 0 Å². The van der Waals surface area contributed by atoms with Gasteiger partial charge in [0.15, 0.2) is 0 Å². The molecule has 0 aromatic heterocycles. The monoisotopic (exact) mass is 350 g/mol. The number of sulfonamides is 1. The molecule has 2 aromatic carbocycles. The summed E-state index contributed by atoms with van der Waals surface area (Å²) in [4.78, 5) is 22.2. The van der Waals surface area contributed by atoms with Crippen LogP contribution in [0.3, 0.4) is 0 Å². The number of non-ortho nitro benzene ring substituents is 1. The van der Waals surface area contributed by atoms with E-state index in [9.17, 15) is 23.3 Å². The van der Waals surface area contributed by atoms with E-state index in [2.05, 4.69) is 0 Å². The highest BCUT2D eigenvalue weighted by molar-refractivity contribution is 7.89. The predicted octanol–water partition coefficient (Wildman–Crippen LogP) is 2.06. The van der Waals surface area contributed by atoms with E-state index >= 15 is 0 Å². The molecule has 0 aliphatic rings. The lowest BCUT2D eigenvalue weighted by atomic mass is 10.2. The molecule has 24 heavy (non-hydrogen) atoms. The molecule has 0 aliphatic carbocycles. The van der Waals surface area contributed by atoms with E-state index in [-0.39, 0.29) is 21.9 Å². The first-order chi connectivity index (χ1) is 11.2. The molecule has 0 bridgehead atoms. The Bertz CT molecular complexity index is 892. The number of nitrogens with zero attached hydrogens (tertiary/aromatic N) is 2. The Balaban J connectivity index is 2.28. The fraction of sp³-hybridized carbons (Fsp3) is 0.133. The smallest absolute Gasteiger partial charge is 0.343 e. The Labute approximate surface area is 138 Å². The number of hydrogen-bond acceptors (Lipinski definition) is 6. The van der Waals surface area contributed by atoms with Gasteiger partial charge in [-0.05, 0) is 24.3 Å². The maximum atomic E-state index is 12.1. The molecule has 0 heterocycles. The molecule has 0 atom stereocenters. The van der Waals surface area contributed by atoms with Crippen molar-refractivity contribution in [3.05, 3.63) is 64.2 Å². The molecule has 0 unspecified atom stereocenters. The molecular formula is C15H14N2O6S. The van der Waals surface area contributed by atoms with Gasteiger partial charge in [-0.25, -0.2) is 17.5 Å². The lowest BCUT2D eigenvalue weighted by Gasteiger charge is -2.12. The van der Waals surface area contributed by atoms with Crippen molar-refractivity contribution in [3.63, 3.8) is 0 Å². The number of esters is 1. The van der Waals surface area contributed by atoms with Gasteiger partial charge in [0.1, 0.15) is 5.75 Å². The summed E-state index contributed by atoms with van der Waals surface area (Å²) in [5.74, 6) is -0.818. The topological polar surface area (TPSA) is 107 Å². The first kappa shape index (κ1) is 17.6. The normalized spacial score (nSPS) is 11.3. The molecule has 0 saturated heterocycles. The second-order valence-corrected chi connectivity index (χ2v) is 7.11. The molecule has 9 heteroatoms. The third-order valence-electron chi connectivity index (χ3n) is 3.09. The van der Waals surface area contributed by atoms with Gasteiger partial charge in [-0.15, -0.1) is 0 Å². The van der Waals surface area contributed by atoms with E-state index < -0.39 is 20.9 Å². The van der Waals surface area contributed by atoms with Gasteiger partial charge in [-0.1, -0.05) is 12.1 Å². The zero-order chi connectivity index (χ0) is 17.9.